The molecule has 104 valence electrons. The molecule has 0 aliphatic rings. The van der Waals surface area contributed by atoms with E-state index in [1.54, 1.807) is 41.8 Å². The molecule has 0 bridgehead atoms. The number of rotatable bonds is 5. The van der Waals surface area contributed by atoms with Crippen LogP contribution in [0.5, 0.6) is 0 Å². The second kappa shape index (κ2) is 6.58. The van der Waals surface area contributed by atoms with Gasteiger partial charge < -0.3 is 11.1 Å². The largest absolute Gasteiger partial charge is 0.389 e. The number of thiocarbonyl (C=S) groups is 1. The standard InChI is InChI=1S/C14H15N3OS2/c1-9(14-16-5-6-20-14)8-17-13(18)11-4-2-3-10(7-11)12(15)19/h2-7,9H,8H2,1H3,(H2,15,19)(H,17,18). The van der Waals surface area contributed by atoms with Gasteiger partial charge in [-0.25, -0.2) is 4.98 Å². The Balaban J connectivity index is 1.98. The van der Waals surface area contributed by atoms with E-state index >= 15 is 0 Å². The molecule has 2 rings (SSSR count). The summed E-state index contributed by atoms with van der Waals surface area (Å²) in [6, 6.07) is 7.00. The third-order valence-electron chi connectivity index (χ3n) is 2.85. The maximum atomic E-state index is 12.1. The van der Waals surface area contributed by atoms with Gasteiger partial charge in [-0.15, -0.1) is 11.3 Å². The predicted molar refractivity (Wildman–Crippen MR) is 85.2 cm³/mol. The molecule has 0 aliphatic heterocycles. The van der Waals surface area contributed by atoms with E-state index in [1.807, 2.05) is 12.3 Å². The van der Waals surface area contributed by atoms with Crippen molar-refractivity contribution in [3.8, 4) is 0 Å². The van der Waals surface area contributed by atoms with Crippen molar-refractivity contribution in [1.82, 2.24) is 10.3 Å². The van der Waals surface area contributed by atoms with E-state index in [1.165, 1.54) is 0 Å². The topological polar surface area (TPSA) is 68.0 Å². The van der Waals surface area contributed by atoms with E-state index < -0.39 is 0 Å². The molecular weight excluding hydrogens is 290 g/mol. The summed E-state index contributed by atoms with van der Waals surface area (Å²) in [5.41, 5.74) is 6.81. The number of thiazole rings is 1. The fourth-order valence-electron chi connectivity index (χ4n) is 1.73. The molecule has 1 amide bonds. The van der Waals surface area contributed by atoms with Gasteiger partial charge in [0, 0.05) is 35.2 Å². The summed E-state index contributed by atoms with van der Waals surface area (Å²) in [6.45, 7) is 2.58. The highest BCUT2D eigenvalue weighted by atomic mass is 32.1. The molecule has 0 radical (unpaired) electrons. The number of amides is 1. The Morgan fingerprint density at radius 1 is 1.50 bits per heavy atom. The normalized spacial score (nSPS) is 11.8. The van der Waals surface area contributed by atoms with E-state index in [0.717, 1.165) is 5.01 Å². The highest BCUT2D eigenvalue weighted by Crippen LogP contribution is 2.16. The van der Waals surface area contributed by atoms with Crippen molar-refractivity contribution >= 4 is 34.5 Å². The van der Waals surface area contributed by atoms with E-state index in [9.17, 15) is 4.79 Å². The van der Waals surface area contributed by atoms with Gasteiger partial charge >= 0.3 is 0 Å². The van der Waals surface area contributed by atoms with Crippen molar-refractivity contribution in [3.05, 3.63) is 52.0 Å². The van der Waals surface area contributed by atoms with Crippen LogP contribution < -0.4 is 11.1 Å². The molecule has 1 atom stereocenters. The summed E-state index contributed by atoms with van der Waals surface area (Å²) in [6.07, 6.45) is 1.77. The highest BCUT2D eigenvalue weighted by molar-refractivity contribution is 7.80. The molecule has 2 aromatic rings. The average Bonchev–Trinajstić information content (AvgIpc) is 2.98. The zero-order valence-corrected chi connectivity index (χ0v) is 12.6. The third-order valence-corrected chi connectivity index (χ3v) is 4.09. The maximum Gasteiger partial charge on any atom is 0.251 e. The van der Waals surface area contributed by atoms with Crippen LogP contribution >= 0.6 is 23.6 Å². The van der Waals surface area contributed by atoms with Gasteiger partial charge in [0.1, 0.15) is 4.99 Å². The summed E-state index contributed by atoms with van der Waals surface area (Å²) in [7, 11) is 0. The zero-order chi connectivity index (χ0) is 14.5. The maximum absolute atomic E-state index is 12.1. The van der Waals surface area contributed by atoms with Crippen LogP contribution in [0.2, 0.25) is 0 Å². The number of aromatic nitrogens is 1. The summed E-state index contributed by atoms with van der Waals surface area (Å²) >= 11 is 6.50. The molecule has 6 heteroatoms. The molecule has 20 heavy (non-hydrogen) atoms. The van der Waals surface area contributed by atoms with Crippen molar-refractivity contribution in [2.45, 2.75) is 12.8 Å². The Kier molecular flexibility index (Phi) is 4.81. The van der Waals surface area contributed by atoms with Crippen LogP contribution in [0.1, 0.15) is 33.8 Å². The summed E-state index contributed by atoms with van der Waals surface area (Å²) < 4.78 is 0. The molecule has 1 aromatic heterocycles. The van der Waals surface area contributed by atoms with Crippen LogP contribution in [0.25, 0.3) is 0 Å². The number of hydrogen-bond donors (Lipinski definition) is 2. The van der Waals surface area contributed by atoms with E-state index in [-0.39, 0.29) is 16.8 Å². The van der Waals surface area contributed by atoms with Gasteiger partial charge in [-0.2, -0.15) is 0 Å². The van der Waals surface area contributed by atoms with Gasteiger partial charge in [0.15, 0.2) is 0 Å². The molecular formula is C14H15N3OS2. The van der Waals surface area contributed by atoms with E-state index in [2.05, 4.69) is 10.3 Å². The van der Waals surface area contributed by atoms with Crippen molar-refractivity contribution < 1.29 is 4.79 Å². The van der Waals surface area contributed by atoms with Crippen molar-refractivity contribution in [2.24, 2.45) is 5.73 Å². The second-order valence-corrected chi connectivity index (χ2v) is 5.79. The molecule has 0 aliphatic carbocycles. The number of nitrogens with one attached hydrogen (secondary N) is 1. The fraction of sp³-hybridized carbons (Fsp3) is 0.214. The quantitative estimate of drug-likeness (QED) is 0.832. The first kappa shape index (κ1) is 14.6. The summed E-state index contributed by atoms with van der Waals surface area (Å²) in [4.78, 5) is 16.6. The van der Waals surface area contributed by atoms with Gasteiger partial charge in [0.05, 0.1) is 5.01 Å². The lowest BCUT2D eigenvalue weighted by Gasteiger charge is -2.10. The predicted octanol–water partition coefficient (Wildman–Crippen LogP) is 2.31. The highest BCUT2D eigenvalue weighted by Gasteiger charge is 2.11. The Bertz CT molecular complexity index is 611. The van der Waals surface area contributed by atoms with Gasteiger partial charge in [0.25, 0.3) is 5.91 Å². The lowest BCUT2D eigenvalue weighted by Crippen LogP contribution is -2.27. The van der Waals surface area contributed by atoms with Crippen LogP contribution in [0, 0.1) is 0 Å². The van der Waals surface area contributed by atoms with E-state index in [4.69, 9.17) is 18.0 Å². The van der Waals surface area contributed by atoms with Gasteiger partial charge in [-0.05, 0) is 12.1 Å². The lowest BCUT2D eigenvalue weighted by molar-refractivity contribution is 0.0951. The van der Waals surface area contributed by atoms with Crippen LogP contribution in [0.3, 0.4) is 0 Å². The van der Waals surface area contributed by atoms with E-state index in [0.29, 0.717) is 17.7 Å². The minimum Gasteiger partial charge on any atom is -0.389 e. The molecule has 1 unspecified atom stereocenters. The van der Waals surface area contributed by atoms with Gasteiger partial charge in [-0.1, -0.05) is 31.3 Å². The summed E-state index contributed by atoms with van der Waals surface area (Å²) in [5, 5.41) is 5.84. The smallest absolute Gasteiger partial charge is 0.251 e. The Hall–Kier alpha value is -1.79. The minimum atomic E-state index is -0.133. The number of nitrogens with zero attached hydrogens (tertiary/aromatic N) is 1. The minimum absolute atomic E-state index is 0.133. The summed E-state index contributed by atoms with van der Waals surface area (Å²) in [5.74, 6) is 0.0595. The van der Waals surface area contributed by atoms with Crippen LogP contribution in [0.4, 0.5) is 0 Å². The Labute approximate surface area is 127 Å². The fourth-order valence-corrected chi connectivity index (χ4v) is 2.55. The number of hydrogen-bond acceptors (Lipinski definition) is 4. The SMILES string of the molecule is CC(CNC(=O)c1cccc(C(N)=S)c1)c1nccs1. The average molecular weight is 305 g/mol. The Morgan fingerprint density at radius 3 is 2.90 bits per heavy atom. The molecule has 1 heterocycles. The first-order valence-corrected chi connectivity index (χ1v) is 7.44. The molecule has 0 spiro atoms. The Morgan fingerprint density at radius 2 is 2.25 bits per heavy atom. The van der Waals surface area contributed by atoms with Crippen LogP contribution in [-0.2, 0) is 0 Å². The van der Waals surface area contributed by atoms with Gasteiger partial charge in [0.2, 0.25) is 0 Å². The molecule has 3 N–H and O–H groups in total. The van der Waals surface area contributed by atoms with Crippen LogP contribution in [0.15, 0.2) is 35.8 Å². The molecule has 0 fully saturated rings. The monoisotopic (exact) mass is 305 g/mol. The van der Waals surface area contributed by atoms with Gasteiger partial charge in [-0.3, -0.25) is 4.79 Å². The first-order valence-electron chi connectivity index (χ1n) is 6.15. The molecule has 1 aromatic carbocycles. The lowest BCUT2D eigenvalue weighted by atomic mass is 10.1. The molecule has 0 saturated heterocycles. The van der Waals surface area contributed by atoms with Crippen molar-refractivity contribution in [2.75, 3.05) is 6.54 Å². The number of carbonyl (C=O) groups excluding carboxylic acids is 1. The van der Waals surface area contributed by atoms with Crippen LogP contribution in [-0.4, -0.2) is 22.4 Å². The third kappa shape index (κ3) is 3.61. The number of nitrogens with two attached hydrogens (primary N) is 1. The molecule has 0 saturated carbocycles. The molecule has 4 nitrogen and oxygen atoms in total. The zero-order valence-electron chi connectivity index (χ0n) is 11.0. The number of carbonyl (C=O) groups is 1. The second-order valence-electron chi connectivity index (χ2n) is 4.43. The number of benzene rings is 1. The first-order chi connectivity index (χ1) is 9.58. The van der Waals surface area contributed by atoms with Crippen molar-refractivity contribution in [1.29, 1.82) is 0 Å². The van der Waals surface area contributed by atoms with Crippen molar-refractivity contribution in [3.63, 3.8) is 0 Å².